The van der Waals surface area contributed by atoms with E-state index in [1.807, 2.05) is 42.5 Å². The molecule has 0 aromatic heterocycles. The molecule has 0 bridgehead atoms. The first-order valence-corrected chi connectivity index (χ1v) is 10.3. The molecule has 1 N–H and O–H groups in total. The van der Waals surface area contributed by atoms with Gasteiger partial charge in [0.15, 0.2) is 0 Å². The fourth-order valence-corrected chi connectivity index (χ4v) is 4.14. The molecule has 1 aliphatic rings. The quantitative estimate of drug-likeness (QED) is 0.685. The van der Waals surface area contributed by atoms with Gasteiger partial charge in [-0.05, 0) is 59.9 Å². The van der Waals surface area contributed by atoms with Crippen LogP contribution in [0, 0.1) is 18.7 Å². The SMILES string of the molecule is Cc1cc(F)ccc1NC(=O)[C@H]1CCCN(C(=O)Cc2cccc3ccccc23)C1. The van der Waals surface area contributed by atoms with Gasteiger partial charge in [0.2, 0.25) is 11.8 Å². The molecule has 0 spiro atoms. The summed E-state index contributed by atoms with van der Waals surface area (Å²) in [6.45, 7) is 2.85. The number of fused-ring (bicyclic) bond motifs is 1. The standard InChI is InChI=1S/C25H25FN2O2/c1-17-14-21(26)11-12-23(17)27-25(30)20-9-5-13-28(16-20)24(29)15-19-8-4-7-18-6-2-3-10-22(18)19/h2-4,6-8,10-12,14,20H,5,9,13,15-16H2,1H3,(H,27,30)/t20-/m0/s1. The largest absolute Gasteiger partial charge is 0.342 e. The van der Waals surface area contributed by atoms with Gasteiger partial charge in [0, 0.05) is 18.8 Å². The van der Waals surface area contributed by atoms with E-state index in [2.05, 4.69) is 5.32 Å². The molecule has 0 radical (unpaired) electrons. The van der Waals surface area contributed by atoms with E-state index in [-0.39, 0.29) is 23.5 Å². The molecule has 154 valence electrons. The summed E-state index contributed by atoms with van der Waals surface area (Å²) in [6.07, 6.45) is 1.86. The van der Waals surface area contributed by atoms with Crippen LogP contribution in [0.1, 0.15) is 24.0 Å². The maximum atomic E-state index is 13.3. The molecule has 5 heteroatoms. The molecule has 4 nitrogen and oxygen atoms in total. The van der Waals surface area contributed by atoms with Crippen LogP contribution in [-0.2, 0) is 16.0 Å². The van der Waals surface area contributed by atoms with Crippen LogP contribution in [0.3, 0.4) is 0 Å². The highest BCUT2D eigenvalue weighted by Gasteiger charge is 2.28. The monoisotopic (exact) mass is 404 g/mol. The number of anilines is 1. The van der Waals surface area contributed by atoms with Crippen molar-refractivity contribution in [3.63, 3.8) is 0 Å². The summed E-state index contributed by atoms with van der Waals surface area (Å²) in [7, 11) is 0. The lowest BCUT2D eigenvalue weighted by molar-refractivity contribution is -0.133. The lowest BCUT2D eigenvalue weighted by Gasteiger charge is -2.32. The second-order valence-corrected chi connectivity index (χ2v) is 7.94. The summed E-state index contributed by atoms with van der Waals surface area (Å²) in [5, 5.41) is 5.11. The predicted octanol–water partition coefficient (Wildman–Crippen LogP) is 4.71. The van der Waals surface area contributed by atoms with Crippen molar-refractivity contribution >= 4 is 28.3 Å². The van der Waals surface area contributed by atoms with Crippen molar-refractivity contribution in [3.8, 4) is 0 Å². The van der Waals surface area contributed by atoms with E-state index < -0.39 is 0 Å². The number of halogens is 1. The molecule has 2 amide bonds. The summed E-state index contributed by atoms with van der Waals surface area (Å²) in [4.78, 5) is 27.5. The van der Waals surface area contributed by atoms with Crippen LogP contribution in [-0.4, -0.2) is 29.8 Å². The first-order chi connectivity index (χ1) is 14.5. The lowest BCUT2D eigenvalue weighted by Crippen LogP contribution is -2.44. The third kappa shape index (κ3) is 4.35. The smallest absolute Gasteiger partial charge is 0.229 e. The fraction of sp³-hybridized carbons (Fsp3) is 0.280. The van der Waals surface area contributed by atoms with Gasteiger partial charge in [-0.2, -0.15) is 0 Å². The summed E-state index contributed by atoms with van der Waals surface area (Å²) in [5.41, 5.74) is 2.30. The number of hydrogen-bond donors (Lipinski definition) is 1. The molecule has 1 atom stereocenters. The van der Waals surface area contributed by atoms with E-state index in [9.17, 15) is 14.0 Å². The van der Waals surface area contributed by atoms with Crippen molar-refractivity contribution in [1.29, 1.82) is 0 Å². The number of rotatable bonds is 4. The molecular formula is C25H25FN2O2. The summed E-state index contributed by atoms with van der Waals surface area (Å²) in [6, 6.07) is 18.4. The molecule has 0 saturated carbocycles. The van der Waals surface area contributed by atoms with Gasteiger partial charge in [0.1, 0.15) is 5.82 Å². The first-order valence-electron chi connectivity index (χ1n) is 10.3. The zero-order chi connectivity index (χ0) is 21.1. The van der Waals surface area contributed by atoms with E-state index >= 15 is 0 Å². The number of amides is 2. The zero-order valence-electron chi connectivity index (χ0n) is 17.0. The summed E-state index contributed by atoms with van der Waals surface area (Å²) >= 11 is 0. The Balaban J connectivity index is 1.43. The van der Waals surface area contributed by atoms with Gasteiger partial charge < -0.3 is 10.2 Å². The minimum Gasteiger partial charge on any atom is -0.342 e. The van der Waals surface area contributed by atoms with Gasteiger partial charge in [-0.25, -0.2) is 4.39 Å². The molecule has 4 rings (SSSR count). The Kier molecular flexibility index (Phi) is 5.79. The van der Waals surface area contributed by atoms with Crippen molar-refractivity contribution in [2.75, 3.05) is 18.4 Å². The van der Waals surface area contributed by atoms with Crippen LogP contribution in [0.4, 0.5) is 10.1 Å². The molecule has 3 aromatic carbocycles. The van der Waals surface area contributed by atoms with Gasteiger partial charge in [-0.1, -0.05) is 42.5 Å². The number of hydrogen-bond acceptors (Lipinski definition) is 2. The summed E-state index contributed by atoms with van der Waals surface area (Å²) < 4.78 is 13.3. The number of aryl methyl sites for hydroxylation is 1. The number of carbonyl (C=O) groups is 2. The minimum atomic E-state index is -0.326. The van der Waals surface area contributed by atoms with Crippen LogP contribution >= 0.6 is 0 Å². The molecule has 0 aliphatic carbocycles. The highest BCUT2D eigenvalue weighted by atomic mass is 19.1. The van der Waals surface area contributed by atoms with Crippen LogP contribution in [0.15, 0.2) is 60.7 Å². The Bertz CT molecular complexity index is 1090. The molecule has 30 heavy (non-hydrogen) atoms. The van der Waals surface area contributed by atoms with Crippen molar-refractivity contribution < 1.29 is 14.0 Å². The molecule has 0 unspecified atom stereocenters. The van der Waals surface area contributed by atoms with Gasteiger partial charge in [-0.3, -0.25) is 9.59 Å². The van der Waals surface area contributed by atoms with Crippen molar-refractivity contribution in [2.24, 2.45) is 5.92 Å². The van der Waals surface area contributed by atoms with Crippen LogP contribution in [0.2, 0.25) is 0 Å². The Morgan fingerprint density at radius 3 is 2.73 bits per heavy atom. The van der Waals surface area contributed by atoms with Gasteiger partial charge in [0.25, 0.3) is 0 Å². The van der Waals surface area contributed by atoms with Gasteiger partial charge >= 0.3 is 0 Å². The summed E-state index contributed by atoms with van der Waals surface area (Å²) in [5.74, 6) is -0.665. The van der Waals surface area contributed by atoms with E-state index in [0.717, 1.165) is 29.2 Å². The topological polar surface area (TPSA) is 49.4 Å². The second kappa shape index (κ2) is 8.66. The number of piperidine rings is 1. The number of benzene rings is 3. The van der Waals surface area contributed by atoms with Crippen LogP contribution in [0.25, 0.3) is 10.8 Å². The van der Waals surface area contributed by atoms with Crippen LogP contribution < -0.4 is 5.32 Å². The molecule has 1 fully saturated rings. The average molecular weight is 404 g/mol. The Hall–Kier alpha value is -3.21. The highest BCUT2D eigenvalue weighted by molar-refractivity contribution is 5.94. The predicted molar refractivity (Wildman–Crippen MR) is 117 cm³/mol. The Labute approximate surface area is 175 Å². The molecule has 1 aliphatic heterocycles. The van der Waals surface area contributed by atoms with Gasteiger partial charge in [0.05, 0.1) is 12.3 Å². The van der Waals surface area contributed by atoms with E-state index in [1.54, 1.807) is 17.9 Å². The van der Waals surface area contributed by atoms with E-state index in [4.69, 9.17) is 0 Å². The van der Waals surface area contributed by atoms with Crippen LogP contribution in [0.5, 0.6) is 0 Å². The number of carbonyl (C=O) groups excluding carboxylic acids is 2. The van der Waals surface area contributed by atoms with Crippen molar-refractivity contribution in [2.45, 2.75) is 26.2 Å². The van der Waals surface area contributed by atoms with Crippen molar-refractivity contribution in [3.05, 3.63) is 77.6 Å². The Morgan fingerprint density at radius 2 is 1.90 bits per heavy atom. The normalized spacial score (nSPS) is 16.5. The van der Waals surface area contributed by atoms with Gasteiger partial charge in [-0.15, -0.1) is 0 Å². The van der Waals surface area contributed by atoms with Crippen molar-refractivity contribution in [1.82, 2.24) is 4.90 Å². The third-order valence-electron chi connectivity index (χ3n) is 5.81. The number of likely N-dealkylation sites (tertiary alicyclic amines) is 1. The minimum absolute atomic E-state index is 0.0433. The molecular weight excluding hydrogens is 379 g/mol. The first kappa shape index (κ1) is 20.1. The second-order valence-electron chi connectivity index (χ2n) is 7.94. The maximum absolute atomic E-state index is 13.3. The fourth-order valence-electron chi connectivity index (χ4n) is 4.14. The highest BCUT2D eigenvalue weighted by Crippen LogP contribution is 2.23. The average Bonchev–Trinajstić information content (AvgIpc) is 2.76. The number of nitrogens with one attached hydrogen (secondary N) is 1. The zero-order valence-corrected chi connectivity index (χ0v) is 17.0. The maximum Gasteiger partial charge on any atom is 0.229 e. The number of nitrogens with zero attached hydrogens (tertiary/aromatic N) is 1. The Morgan fingerprint density at radius 1 is 1.10 bits per heavy atom. The van der Waals surface area contributed by atoms with E-state index in [0.29, 0.717) is 30.8 Å². The lowest BCUT2D eigenvalue weighted by atomic mass is 9.95. The molecule has 1 heterocycles. The third-order valence-corrected chi connectivity index (χ3v) is 5.81. The molecule has 1 saturated heterocycles. The van der Waals surface area contributed by atoms with E-state index in [1.165, 1.54) is 12.1 Å². The molecule has 3 aromatic rings.